The van der Waals surface area contributed by atoms with Crippen molar-refractivity contribution in [3.05, 3.63) is 69.1 Å². The highest BCUT2D eigenvalue weighted by Gasteiger charge is 2.13. The average Bonchev–Trinajstić information content (AvgIpc) is 3.03. The summed E-state index contributed by atoms with van der Waals surface area (Å²) < 4.78 is 1.35. The average molecular weight is 310 g/mol. The van der Waals surface area contributed by atoms with E-state index in [1.54, 1.807) is 35.8 Å². The van der Waals surface area contributed by atoms with Crippen LogP contribution in [0.3, 0.4) is 0 Å². The first-order chi connectivity index (χ1) is 10.7. The zero-order valence-corrected chi connectivity index (χ0v) is 12.1. The molecule has 1 N–H and O–H groups in total. The van der Waals surface area contributed by atoms with E-state index in [1.165, 1.54) is 21.9 Å². The van der Waals surface area contributed by atoms with E-state index in [-0.39, 0.29) is 17.7 Å². The van der Waals surface area contributed by atoms with Crippen LogP contribution in [0, 0.1) is 11.3 Å². The first-order valence-corrected chi connectivity index (χ1v) is 7.29. The number of nitrogens with one attached hydrogen (secondary N) is 1. The van der Waals surface area contributed by atoms with E-state index in [9.17, 15) is 9.59 Å². The lowest BCUT2D eigenvalue weighted by molar-refractivity contribution is 0.0949. The Morgan fingerprint density at radius 3 is 2.86 bits per heavy atom. The second kappa shape index (κ2) is 5.79. The van der Waals surface area contributed by atoms with Crippen LogP contribution in [-0.2, 0) is 6.54 Å². The topological polar surface area (TPSA) is 87.3 Å². The van der Waals surface area contributed by atoms with Gasteiger partial charge in [0.2, 0.25) is 0 Å². The number of benzene rings is 1. The molecular weight excluding hydrogens is 300 g/mol. The number of amides is 1. The van der Waals surface area contributed by atoms with Crippen LogP contribution in [0.15, 0.2) is 46.8 Å². The number of fused-ring (bicyclic) bond motifs is 1. The quantitative estimate of drug-likeness (QED) is 0.795. The Morgan fingerprint density at radius 2 is 2.14 bits per heavy atom. The van der Waals surface area contributed by atoms with E-state index < -0.39 is 5.91 Å². The van der Waals surface area contributed by atoms with Crippen molar-refractivity contribution < 1.29 is 4.79 Å². The third-order valence-electron chi connectivity index (χ3n) is 3.12. The first-order valence-electron chi connectivity index (χ1n) is 6.41. The maximum absolute atomic E-state index is 12.2. The molecule has 108 valence electrons. The minimum atomic E-state index is -0.470. The monoisotopic (exact) mass is 310 g/mol. The molecule has 0 radical (unpaired) electrons. The Labute approximate surface area is 129 Å². The SMILES string of the molecule is N#Cc1ccc(CNC(=O)c2cnc3sccn3c2=O)cc1. The lowest BCUT2D eigenvalue weighted by Crippen LogP contribution is -2.30. The molecule has 0 unspecified atom stereocenters. The highest BCUT2D eigenvalue weighted by Crippen LogP contribution is 2.06. The Morgan fingerprint density at radius 1 is 1.36 bits per heavy atom. The number of carbonyl (C=O) groups excluding carboxylic acids is 1. The molecule has 1 aromatic carbocycles. The van der Waals surface area contributed by atoms with Gasteiger partial charge in [-0.15, -0.1) is 11.3 Å². The molecule has 3 rings (SSSR count). The predicted molar refractivity (Wildman–Crippen MR) is 81.7 cm³/mol. The van der Waals surface area contributed by atoms with Crippen LogP contribution in [0.2, 0.25) is 0 Å². The summed E-state index contributed by atoms with van der Waals surface area (Å²) in [6.45, 7) is 0.274. The van der Waals surface area contributed by atoms with Crippen LogP contribution in [0.4, 0.5) is 0 Å². The number of nitrogens with zero attached hydrogens (tertiary/aromatic N) is 3. The first kappa shape index (κ1) is 14.0. The number of hydrogen-bond acceptors (Lipinski definition) is 5. The molecular formula is C15H10N4O2S. The summed E-state index contributed by atoms with van der Waals surface area (Å²) in [6, 6.07) is 8.89. The molecule has 0 aliphatic heterocycles. The number of aromatic nitrogens is 2. The second-order valence-electron chi connectivity index (χ2n) is 4.52. The Bertz CT molecular complexity index is 935. The Hall–Kier alpha value is -2.98. The molecule has 0 aliphatic carbocycles. The zero-order valence-electron chi connectivity index (χ0n) is 11.3. The van der Waals surface area contributed by atoms with Crippen molar-refractivity contribution in [3.8, 4) is 6.07 Å². The summed E-state index contributed by atoms with van der Waals surface area (Å²) in [4.78, 5) is 28.9. The summed E-state index contributed by atoms with van der Waals surface area (Å²) in [5, 5.41) is 13.1. The molecule has 0 aliphatic rings. The molecule has 1 amide bonds. The molecule has 22 heavy (non-hydrogen) atoms. The van der Waals surface area contributed by atoms with E-state index in [2.05, 4.69) is 10.3 Å². The van der Waals surface area contributed by atoms with Gasteiger partial charge in [0.15, 0.2) is 4.96 Å². The predicted octanol–water partition coefficient (Wildman–Crippen LogP) is 1.56. The smallest absolute Gasteiger partial charge is 0.271 e. The van der Waals surface area contributed by atoms with Gasteiger partial charge in [-0.3, -0.25) is 14.0 Å². The maximum atomic E-state index is 12.2. The number of thiazole rings is 1. The molecule has 0 spiro atoms. The molecule has 0 saturated heterocycles. The summed E-state index contributed by atoms with van der Waals surface area (Å²) in [6.07, 6.45) is 2.88. The fourth-order valence-corrected chi connectivity index (χ4v) is 2.63. The van der Waals surface area contributed by atoms with E-state index in [1.807, 2.05) is 6.07 Å². The molecule has 0 fully saturated rings. The number of carbonyl (C=O) groups is 1. The van der Waals surface area contributed by atoms with Gasteiger partial charge in [-0.25, -0.2) is 4.98 Å². The van der Waals surface area contributed by atoms with Gasteiger partial charge >= 0.3 is 0 Å². The highest BCUT2D eigenvalue weighted by molar-refractivity contribution is 7.15. The molecule has 2 aromatic heterocycles. The van der Waals surface area contributed by atoms with Gasteiger partial charge < -0.3 is 5.32 Å². The molecule has 7 heteroatoms. The second-order valence-corrected chi connectivity index (χ2v) is 5.40. The van der Waals surface area contributed by atoms with Gasteiger partial charge in [0.25, 0.3) is 11.5 Å². The Kier molecular flexibility index (Phi) is 3.68. The molecule has 6 nitrogen and oxygen atoms in total. The number of rotatable bonds is 3. The minimum absolute atomic E-state index is 0.00421. The van der Waals surface area contributed by atoms with E-state index in [0.29, 0.717) is 10.5 Å². The normalized spacial score (nSPS) is 10.3. The van der Waals surface area contributed by atoms with Crippen molar-refractivity contribution in [2.75, 3.05) is 0 Å². The summed E-state index contributed by atoms with van der Waals surface area (Å²) >= 11 is 1.33. The Balaban J connectivity index is 1.77. The largest absolute Gasteiger partial charge is 0.348 e. The van der Waals surface area contributed by atoms with Gasteiger partial charge in [-0.2, -0.15) is 5.26 Å². The highest BCUT2D eigenvalue weighted by atomic mass is 32.1. The third-order valence-corrected chi connectivity index (χ3v) is 3.89. The van der Waals surface area contributed by atoms with Crippen molar-refractivity contribution in [3.63, 3.8) is 0 Å². The van der Waals surface area contributed by atoms with Crippen molar-refractivity contribution in [1.29, 1.82) is 5.26 Å². The van der Waals surface area contributed by atoms with Gasteiger partial charge in [0, 0.05) is 24.3 Å². The van der Waals surface area contributed by atoms with Gasteiger partial charge in [0.05, 0.1) is 11.6 Å². The lowest BCUT2D eigenvalue weighted by atomic mass is 10.1. The molecule has 0 atom stereocenters. The van der Waals surface area contributed by atoms with E-state index in [0.717, 1.165) is 5.56 Å². The van der Waals surface area contributed by atoms with Crippen LogP contribution >= 0.6 is 11.3 Å². The van der Waals surface area contributed by atoms with Crippen LogP contribution < -0.4 is 10.9 Å². The van der Waals surface area contributed by atoms with Crippen molar-refractivity contribution in [1.82, 2.24) is 14.7 Å². The molecule has 0 bridgehead atoms. The van der Waals surface area contributed by atoms with Crippen LogP contribution in [0.1, 0.15) is 21.5 Å². The maximum Gasteiger partial charge on any atom is 0.271 e. The molecule has 3 aromatic rings. The minimum Gasteiger partial charge on any atom is -0.348 e. The van der Waals surface area contributed by atoms with Crippen molar-refractivity contribution in [2.24, 2.45) is 0 Å². The van der Waals surface area contributed by atoms with Gasteiger partial charge in [0.1, 0.15) is 5.56 Å². The molecule has 2 heterocycles. The van der Waals surface area contributed by atoms with Crippen molar-refractivity contribution >= 4 is 22.2 Å². The fraction of sp³-hybridized carbons (Fsp3) is 0.0667. The zero-order chi connectivity index (χ0) is 15.5. The summed E-state index contributed by atoms with van der Waals surface area (Å²) in [5.41, 5.74) is 1.02. The van der Waals surface area contributed by atoms with E-state index >= 15 is 0 Å². The standard InChI is InChI=1S/C15H10N4O2S/c16-7-10-1-3-11(4-2-10)8-17-13(20)12-9-18-15-19(14(12)21)5-6-22-15/h1-6,9H,8H2,(H,17,20). The fourth-order valence-electron chi connectivity index (χ4n) is 1.96. The summed E-state index contributed by atoms with van der Waals surface area (Å²) in [7, 11) is 0. The lowest BCUT2D eigenvalue weighted by Gasteiger charge is -2.05. The number of hydrogen-bond donors (Lipinski definition) is 1. The van der Waals surface area contributed by atoms with Crippen molar-refractivity contribution in [2.45, 2.75) is 6.54 Å². The van der Waals surface area contributed by atoms with E-state index in [4.69, 9.17) is 5.26 Å². The van der Waals surface area contributed by atoms with Gasteiger partial charge in [-0.1, -0.05) is 12.1 Å². The summed E-state index contributed by atoms with van der Waals surface area (Å²) in [5.74, 6) is -0.470. The van der Waals surface area contributed by atoms with Crippen LogP contribution in [0.25, 0.3) is 4.96 Å². The molecule has 0 saturated carbocycles. The third kappa shape index (κ3) is 2.60. The number of nitriles is 1. The van der Waals surface area contributed by atoms with Crippen LogP contribution in [-0.4, -0.2) is 15.3 Å². The van der Waals surface area contributed by atoms with Gasteiger partial charge in [-0.05, 0) is 17.7 Å². The van der Waals surface area contributed by atoms with Crippen LogP contribution in [0.5, 0.6) is 0 Å².